The van der Waals surface area contributed by atoms with E-state index in [0.29, 0.717) is 6.42 Å². The number of rotatable bonds is 4. The smallest absolute Gasteiger partial charge is 0.171 e. The minimum atomic E-state index is -4.76. The monoisotopic (exact) mass is 236 g/mol. The van der Waals surface area contributed by atoms with Gasteiger partial charge < -0.3 is 0 Å². The quantitative estimate of drug-likeness (QED) is 0.628. The topological polar surface area (TPSA) is 0 Å². The largest absolute Gasteiger partial charge is 0.392 e. The van der Waals surface area contributed by atoms with E-state index in [9.17, 15) is 26.3 Å². The fraction of sp³-hybridized carbons (Fsp3) is 1.00. The maximum Gasteiger partial charge on any atom is 0.392 e. The Balaban J connectivity index is 4.47. The zero-order valence-electron chi connectivity index (χ0n) is 8.54. The molecule has 0 bridgehead atoms. The van der Waals surface area contributed by atoms with Crippen LogP contribution in [0.4, 0.5) is 26.3 Å². The standard InChI is InChI=1S/C9H14F6/c1-3-6(2)4-7(9(13,14)15)5-8(10,11)12/h6-7H,3-5H2,1-2H3. The number of hydrogen-bond acceptors (Lipinski definition) is 0. The minimum absolute atomic E-state index is 0.348. The van der Waals surface area contributed by atoms with Crippen molar-refractivity contribution in [1.82, 2.24) is 0 Å². The van der Waals surface area contributed by atoms with Crippen LogP contribution in [0.15, 0.2) is 0 Å². The van der Waals surface area contributed by atoms with Crippen LogP contribution >= 0.6 is 0 Å². The van der Waals surface area contributed by atoms with E-state index in [-0.39, 0.29) is 5.92 Å². The SMILES string of the molecule is CCC(C)CC(CC(F)(F)F)C(F)(F)F. The van der Waals surface area contributed by atoms with Gasteiger partial charge in [-0.1, -0.05) is 20.3 Å². The van der Waals surface area contributed by atoms with Crippen molar-refractivity contribution in [2.45, 2.75) is 45.5 Å². The molecule has 0 aliphatic rings. The van der Waals surface area contributed by atoms with Crippen molar-refractivity contribution in [1.29, 1.82) is 0 Å². The lowest BCUT2D eigenvalue weighted by molar-refractivity contribution is -0.222. The van der Waals surface area contributed by atoms with E-state index in [1.54, 1.807) is 6.92 Å². The highest BCUT2D eigenvalue weighted by Gasteiger charge is 2.46. The molecule has 92 valence electrons. The van der Waals surface area contributed by atoms with Crippen LogP contribution in [0.25, 0.3) is 0 Å². The van der Waals surface area contributed by atoms with Crippen LogP contribution in [0.1, 0.15) is 33.1 Å². The second-order valence-electron chi connectivity index (χ2n) is 3.81. The summed E-state index contributed by atoms with van der Waals surface area (Å²) < 4.78 is 72.4. The van der Waals surface area contributed by atoms with Gasteiger partial charge in [0.1, 0.15) is 0 Å². The third kappa shape index (κ3) is 6.62. The van der Waals surface area contributed by atoms with E-state index >= 15 is 0 Å². The van der Waals surface area contributed by atoms with Gasteiger partial charge in [-0.25, -0.2) is 0 Å². The molecule has 0 fully saturated rings. The molecular weight excluding hydrogens is 222 g/mol. The lowest BCUT2D eigenvalue weighted by Gasteiger charge is -2.23. The van der Waals surface area contributed by atoms with Crippen molar-refractivity contribution in [2.75, 3.05) is 0 Å². The lowest BCUT2D eigenvalue weighted by atomic mass is 9.91. The summed E-state index contributed by atoms with van der Waals surface area (Å²) in [4.78, 5) is 0. The fourth-order valence-electron chi connectivity index (χ4n) is 1.26. The van der Waals surface area contributed by atoms with Gasteiger partial charge in [0.05, 0.1) is 12.3 Å². The Morgan fingerprint density at radius 2 is 1.47 bits per heavy atom. The predicted molar refractivity (Wildman–Crippen MR) is 44.3 cm³/mol. The van der Waals surface area contributed by atoms with E-state index in [1.165, 1.54) is 6.92 Å². The minimum Gasteiger partial charge on any atom is -0.171 e. The van der Waals surface area contributed by atoms with Crippen LogP contribution < -0.4 is 0 Å². The molecule has 0 amide bonds. The summed E-state index contributed by atoms with van der Waals surface area (Å²) in [6, 6.07) is 0. The second-order valence-corrected chi connectivity index (χ2v) is 3.81. The molecule has 0 heterocycles. The van der Waals surface area contributed by atoms with Crippen LogP contribution in [0.3, 0.4) is 0 Å². The van der Waals surface area contributed by atoms with Crippen molar-refractivity contribution in [3.63, 3.8) is 0 Å². The van der Waals surface area contributed by atoms with Crippen molar-refractivity contribution >= 4 is 0 Å². The van der Waals surface area contributed by atoms with Gasteiger partial charge in [0, 0.05) is 0 Å². The summed E-state index contributed by atoms with van der Waals surface area (Å²) in [5.74, 6) is -2.62. The molecule has 15 heavy (non-hydrogen) atoms. The van der Waals surface area contributed by atoms with Crippen molar-refractivity contribution in [3.8, 4) is 0 Å². The van der Waals surface area contributed by atoms with Crippen LogP contribution in [0.5, 0.6) is 0 Å². The van der Waals surface area contributed by atoms with Crippen molar-refractivity contribution in [3.05, 3.63) is 0 Å². The van der Waals surface area contributed by atoms with Gasteiger partial charge in [0.15, 0.2) is 0 Å². The van der Waals surface area contributed by atoms with E-state index in [2.05, 4.69) is 0 Å². The molecule has 0 aromatic carbocycles. The molecule has 0 nitrogen and oxygen atoms in total. The normalized spacial score (nSPS) is 17.6. The van der Waals surface area contributed by atoms with E-state index in [0.717, 1.165) is 0 Å². The Bertz CT molecular complexity index is 180. The van der Waals surface area contributed by atoms with Crippen LogP contribution in [-0.4, -0.2) is 12.4 Å². The molecule has 0 radical (unpaired) electrons. The Morgan fingerprint density at radius 1 is 1.00 bits per heavy atom. The number of halogens is 6. The van der Waals surface area contributed by atoms with Crippen molar-refractivity contribution < 1.29 is 26.3 Å². The Morgan fingerprint density at radius 3 is 1.73 bits per heavy atom. The van der Waals surface area contributed by atoms with Crippen LogP contribution in [-0.2, 0) is 0 Å². The molecule has 6 heteroatoms. The number of hydrogen-bond donors (Lipinski definition) is 0. The first-order chi connectivity index (χ1) is 6.56. The Labute approximate surface area is 84.7 Å². The molecule has 0 rings (SSSR count). The van der Waals surface area contributed by atoms with Gasteiger partial charge in [-0.05, 0) is 12.3 Å². The average molecular weight is 236 g/mol. The molecule has 0 aromatic rings. The van der Waals surface area contributed by atoms with Gasteiger partial charge >= 0.3 is 12.4 Å². The summed E-state index contributed by atoms with van der Waals surface area (Å²) in [6.07, 6.45) is -11.3. The molecule has 0 saturated carbocycles. The Hall–Kier alpha value is -0.420. The first kappa shape index (κ1) is 14.6. The predicted octanol–water partition coefficient (Wildman–Crippen LogP) is 4.55. The molecule has 0 aliphatic heterocycles. The van der Waals surface area contributed by atoms with Gasteiger partial charge in [-0.15, -0.1) is 0 Å². The van der Waals surface area contributed by atoms with Crippen LogP contribution in [0.2, 0.25) is 0 Å². The van der Waals surface area contributed by atoms with E-state index < -0.39 is 31.1 Å². The molecule has 0 spiro atoms. The maximum absolute atomic E-state index is 12.2. The molecule has 0 aromatic heterocycles. The van der Waals surface area contributed by atoms with Gasteiger partial charge in [-0.2, -0.15) is 26.3 Å². The highest BCUT2D eigenvalue weighted by molar-refractivity contribution is 4.73. The third-order valence-corrected chi connectivity index (χ3v) is 2.32. The molecule has 0 saturated heterocycles. The highest BCUT2D eigenvalue weighted by atomic mass is 19.4. The average Bonchev–Trinajstić information content (AvgIpc) is 1.98. The molecular formula is C9H14F6. The first-order valence-corrected chi connectivity index (χ1v) is 4.69. The zero-order valence-corrected chi connectivity index (χ0v) is 8.54. The summed E-state index contributed by atoms with van der Waals surface area (Å²) in [7, 11) is 0. The van der Waals surface area contributed by atoms with E-state index in [1.807, 2.05) is 0 Å². The second kappa shape index (κ2) is 5.07. The van der Waals surface area contributed by atoms with Gasteiger partial charge in [-0.3, -0.25) is 0 Å². The van der Waals surface area contributed by atoms with Crippen LogP contribution in [0, 0.1) is 11.8 Å². The molecule has 0 N–H and O–H groups in total. The Kier molecular flexibility index (Phi) is 4.93. The van der Waals surface area contributed by atoms with Crippen molar-refractivity contribution in [2.24, 2.45) is 11.8 Å². The third-order valence-electron chi connectivity index (χ3n) is 2.32. The summed E-state index contributed by atoms with van der Waals surface area (Å²) in [5, 5.41) is 0. The maximum atomic E-state index is 12.2. The lowest BCUT2D eigenvalue weighted by Crippen LogP contribution is -2.29. The summed E-state index contributed by atoms with van der Waals surface area (Å²) in [5.41, 5.74) is 0. The zero-order chi connectivity index (χ0) is 12.3. The summed E-state index contributed by atoms with van der Waals surface area (Å²) in [6.45, 7) is 3.18. The number of alkyl halides is 6. The molecule has 2 unspecified atom stereocenters. The first-order valence-electron chi connectivity index (χ1n) is 4.69. The van der Waals surface area contributed by atoms with Gasteiger partial charge in [0.2, 0.25) is 0 Å². The fourth-order valence-corrected chi connectivity index (χ4v) is 1.26. The highest BCUT2D eigenvalue weighted by Crippen LogP contribution is 2.39. The summed E-state index contributed by atoms with van der Waals surface area (Å²) >= 11 is 0. The van der Waals surface area contributed by atoms with Gasteiger partial charge in [0.25, 0.3) is 0 Å². The molecule has 2 atom stereocenters. The van der Waals surface area contributed by atoms with E-state index in [4.69, 9.17) is 0 Å². The molecule has 0 aliphatic carbocycles.